The first-order valence-corrected chi connectivity index (χ1v) is 5.29. The smallest absolute Gasteiger partial charge is 0.315 e. The summed E-state index contributed by atoms with van der Waals surface area (Å²) in [6.07, 6.45) is 1.75. The number of nitro groups is 1. The van der Waals surface area contributed by atoms with Crippen molar-refractivity contribution in [2.45, 2.75) is 6.92 Å². The van der Waals surface area contributed by atoms with Crippen molar-refractivity contribution in [2.75, 3.05) is 11.1 Å². The van der Waals surface area contributed by atoms with Gasteiger partial charge in [0.1, 0.15) is 11.4 Å². The Kier molecular flexibility index (Phi) is 2.88. The van der Waals surface area contributed by atoms with E-state index in [2.05, 4.69) is 10.4 Å². The van der Waals surface area contributed by atoms with Gasteiger partial charge in [-0.05, 0) is 19.1 Å². The molecule has 0 atom stereocenters. The van der Waals surface area contributed by atoms with Gasteiger partial charge in [-0.2, -0.15) is 5.10 Å². The van der Waals surface area contributed by atoms with Crippen LogP contribution >= 0.6 is 0 Å². The molecule has 2 rings (SSSR count). The van der Waals surface area contributed by atoms with Gasteiger partial charge in [0.2, 0.25) is 0 Å². The minimum atomic E-state index is -0.497. The van der Waals surface area contributed by atoms with E-state index in [1.807, 2.05) is 6.92 Å². The van der Waals surface area contributed by atoms with E-state index in [-0.39, 0.29) is 11.4 Å². The number of aryl methyl sites for hydroxylation is 2. The number of hydrogen-bond acceptors (Lipinski definition) is 5. The normalized spacial score (nSPS) is 10.3. The number of nitrogens with one attached hydrogen (secondary N) is 1. The maximum atomic E-state index is 11.0. The van der Waals surface area contributed by atoms with Gasteiger partial charge in [0.25, 0.3) is 0 Å². The first-order valence-electron chi connectivity index (χ1n) is 5.29. The van der Waals surface area contributed by atoms with Crippen LogP contribution in [0, 0.1) is 17.0 Å². The standard InChI is InChI=1S/C11H13N5O2/c1-7-10(6-15(2)14-7)13-9-5-3-4-8(12)11(9)16(17)18/h3-6,13H,12H2,1-2H3. The predicted octanol–water partition coefficient (Wildman–Crippen LogP) is 1.96. The average Bonchev–Trinajstić information content (AvgIpc) is 2.57. The first kappa shape index (κ1) is 11.9. The van der Waals surface area contributed by atoms with E-state index in [0.717, 1.165) is 5.69 Å². The zero-order chi connectivity index (χ0) is 13.3. The third-order valence-electron chi connectivity index (χ3n) is 2.53. The van der Waals surface area contributed by atoms with Gasteiger partial charge >= 0.3 is 5.69 Å². The molecule has 0 saturated heterocycles. The van der Waals surface area contributed by atoms with E-state index in [1.54, 1.807) is 30.1 Å². The molecule has 0 bridgehead atoms. The van der Waals surface area contributed by atoms with Crippen LogP contribution in [-0.2, 0) is 7.05 Å². The van der Waals surface area contributed by atoms with Crippen LogP contribution < -0.4 is 11.1 Å². The van der Waals surface area contributed by atoms with Crippen molar-refractivity contribution in [3.63, 3.8) is 0 Å². The lowest BCUT2D eigenvalue weighted by Crippen LogP contribution is -2.01. The van der Waals surface area contributed by atoms with Crippen molar-refractivity contribution in [1.82, 2.24) is 9.78 Å². The summed E-state index contributed by atoms with van der Waals surface area (Å²) in [5, 5.41) is 18.1. The monoisotopic (exact) mass is 247 g/mol. The first-order chi connectivity index (χ1) is 8.49. The van der Waals surface area contributed by atoms with Crippen molar-refractivity contribution < 1.29 is 4.92 Å². The number of nitrogens with two attached hydrogens (primary N) is 1. The highest BCUT2D eigenvalue weighted by Gasteiger charge is 2.18. The SMILES string of the molecule is Cc1nn(C)cc1Nc1cccc(N)c1[N+](=O)[O-]. The van der Waals surface area contributed by atoms with Crippen molar-refractivity contribution in [3.05, 3.63) is 40.2 Å². The van der Waals surface area contributed by atoms with Gasteiger partial charge in [-0.3, -0.25) is 14.8 Å². The summed E-state index contributed by atoms with van der Waals surface area (Å²) in [7, 11) is 1.78. The Morgan fingerprint density at radius 3 is 2.72 bits per heavy atom. The topological polar surface area (TPSA) is 99.0 Å². The van der Waals surface area contributed by atoms with Crippen LogP contribution in [0.1, 0.15) is 5.69 Å². The minimum absolute atomic E-state index is 0.124. The Balaban J connectivity index is 2.43. The van der Waals surface area contributed by atoms with Crippen LogP contribution in [0.3, 0.4) is 0 Å². The van der Waals surface area contributed by atoms with Crippen LogP contribution in [0.25, 0.3) is 0 Å². The number of para-hydroxylation sites is 1. The van der Waals surface area contributed by atoms with Gasteiger partial charge in [-0.1, -0.05) is 6.07 Å². The Morgan fingerprint density at radius 1 is 1.44 bits per heavy atom. The maximum Gasteiger partial charge on any atom is 0.315 e. The zero-order valence-electron chi connectivity index (χ0n) is 10.0. The van der Waals surface area contributed by atoms with Crippen molar-refractivity contribution in [1.29, 1.82) is 0 Å². The molecule has 0 spiro atoms. The number of anilines is 3. The molecule has 1 aromatic carbocycles. The zero-order valence-corrected chi connectivity index (χ0v) is 10.0. The molecular weight excluding hydrogens is 234 g/mol. The van der Waals surface area contributed by atoms with Gasteiger partial charge in [-0.25, -0.2) is 0 Å². The second-order valence-electron chi connectivity index (χ2n) is 3.93. The molecule has 1 heterocycles. The molecule has 0 aliphatic carbocycles. The van der Waals surface area contributed by atoms with E-state index in [0.29, 0.717) is 11.4 Å². The number of aromatic nitrogens is 2. The molecule has 0 aliphatic rings. The fourth-order valence-electron chi connectivity index (χ4n) is 1.73. The third kappa shape index (κ3) is 2.10. The summed E-state index contributed by atoms with van der Waals surface area (Å²) < 4.78 is 1.63. The molecular formula is C11H13N5O2. The molecule has 0 amide bonds. The maximum absolute atomic E-state index is 11.0. The number of benzene rings is 1. The molecule has 94 valence electrons. The highest BCUT2D eigenvalue weighted by atomic mass is 16.6. The summed E-state index contributed by atoms with van der Waals surface area (Å²) in [4.78, 5) is 10.5. The van der Waals surface area contributed by atoms with E-state index < -0.39 is 4.92 Å². The predicted molar refractivity (Wildman–Crippen MR) is 68.7 cm³/mol. The van der Waals surface area contributed by atoms with Crippen LogP contribution in [0.15, 0.2) is 24.4 Å². The molecule has 3 N–H and O–H groups in total. The summed E-state index contributed by atoms with van der Waals surface area (Å²) >= 11 is 0. The third-order valence-corrected chi connectivity index (χ3v) is 2.53. The van der Waals surface area contributed by atoms with E-state index in [9.17, 15) is 10.1 Å². The van der Waals surface area contributed by atoms with Crippen LogP contribution in [0.2, 0.25) is 0 Å². The molecule has 1 aromatic heterocycles. The highest BCUT2D eigenvalue weighted by molar-refractivity contribution is 5.78. The molecule has 0 fully saturated rings. The highest BCUT2D eigenvalue weighted by Crippen LogP contribution is 2.33. The fraction of sp³-hybridized carbons (Fsp3) is 0.182. The quantitative estimate of drug-likeness (QED) is 0.490. The van der Waals surface area contributed by atoms with Gasteiger partial charge in [0, 0.05) is 13.2 Å². The summed E-state index contributed by atoms with van der Waals surface area (Å²) in [6.45, 7) is 1.82. The lowest BCUT2D eigenvalue weighted by Gasteiger charge is -2.07. The molecule has 7 nitrogen and oxygen atoms in total. The van der Waals surface area contributed by atoms with Crippen molar-refractivity contribution >= 4 is 22.7 Å². The second kappa shape index (κ2) is 4.36. The number of nitrogen functional groups attached to an aromatic ring is 1. The second-order valence-corrected chi connectivity index (χ2v) is 3.93. The molecule has 0 saturated carbocycles. The van der Waals surface area contributed by atoms with Gasteiger partial charge in [-0.15, -0.1) is 0 Å². The van der Waals surface area contributed by atoms with E-state index in [4.69, 9.17) is 5.73 Å². The molecule has 0 aliphatic heterocycles. The molecule has 7 heteroatoms. The number of rotatable bonds is 3. The van der Waals surface area contributed by atoms with Gasteiger partial charge < -0.3 is 11.1 Å². The van der Waals surface area contributed by atoms with E-state index in [1.165, 1.54) is 6.07 Å². The number of nitro benzene ring substituents is 1. The van der Waals surface area contributed by atoms with Crippen LogP contribution in [0.4, 0.5) is 22.7 Å². The van der Waals surface area contributed by atoms with Crippen LogP contribution in [-0.4, -0.2) is 14.7 Å². The molecule has 18 heavy (non-hydrogen) atoms. The minimum Gasteiger partial charge on any atom is -0.393 e. The lowest BCUT2D eigenvalue weighted by atomic mass is 10.2. The van der Waals surface area contributed by atoms with Crippen LogP contribution in [0.5, 0.6) is 0 Å². The van der Waals surface area contributed by atoms with Crippen molar-refractivity contribution in [2.24, 2.45) is 7.05 Å². The summed E-state index contributed by atoms with van der Waals surface area (Å²) in [5.41, 5.74) is 7.45. The fourth-order valence-corrected chi connectivity index (χ4v) is 1.73. The Labute approximate surface area is 103 Å². The Bertz CT molecular complexity index is 605. The average molecular weight is 247 g/mol. The molecule has 2 aromatic rings. The lowest BCUT2D eigenvalue weighted by molar-refractivity contribution is -0.383. The number of nitrogens with zero attached hydrogens (tertiary/aromatic N) is 3. The van der Waals surface area contributed by atoms with Gasteiger partial charge in [0.05, 0.1) is 16.3 Å². The van der Waals surface area contributed by atoms with E-state index >= 15 is 0 Å². The van der Waals surface area contributed by atoms with Crippen molar-refractivity contribution in [3.8, 4) is 0 Å². The largest absolute Gasteiger partial charge is 0.393 e. The molecule has 0 unspecified atom stereocenters. The number of hydrogen-bond donors (Lipinski definition) is 2. The Morgan fingerprint density at radius 2 is 2.17 bits per heavy atom. The Hall–Kier alpha value is -2.57. The summed E-state index contributed by atoms with van der Waals surface area (Å²) in [6, 6.07) is 4.77. The molecule has 0 radical (unpaired) electrons. The summed E-state index contributed by atoms with van der Waals surface area (Å²) in [5.74, 6) is 0. The van der Waals surface area contributed by atoms with Gasteiger partial charge in [0.15, 0.2) is 0 Å².